The molecule has 2 aromatic rings. The highest BCUT2D eigenvalue weighted by atomic mass is 32.1. The summed E-state index contributed by atoms with van der Waals surface area (Å²) in [6.45, 7) is 2.27. The van der Waals surface area contributed by atoms with Gasteiger partial charge in [0.25, 0.3) is 0 Å². The van der Waals surface area contributed by atoms with Gasteiger partial charge in [-0.25, -0.2) is 0 Å². The van der Waals surface area contributed by atoms with Gasteiger partial charge in [-0.2, -0.15) is 5.26 Å². The van der Waals surface area contributed by atoms with Gasteiger partial charge in [0.05, 0.1) is 16.6 Å². The molecule has 0 spiro atoms. The SMILES string of the molecule is CCCC1CCC(n2c(=S)[nH]c3c(C#N)cccc32)CC1. The standard InChI is InChI=1S/C17H21N3S/c1-2-4-12-7-9-14(10-8-12)20-15-6-3-5-13(11-18)16(15)19-17(20)21/h3,5-6,12,14H,2,4,7-10H2,1H3,(H,19,21). The Hall–Kier alpha value is -1.60. The van der Waals surface area contributed by atoms with Crippen LogP contribution in [0.5, 0.6) is 0 Å². The third-order valence-electron chi connectivity index (χ3n) is 4.75. The molecule has 0 aliphatic heterocycles. The maximum absolute atomic E-state index is 9.23. The summed E-state index contributed by atoms with van der Waals surface area (Å²) in [6, 6.07) is 8.59. The van der Waals surface area contributed by atoms with E-state index in [9.17, 15) is 5.26 Å². The number of benzene rings is 1. The fourth-order valence-corrected chi connectivity index (χ4v) is 4.05. The smallest absolute Gasteiger partial charge is 0.178 e. The van der Waals surface area contributed by atoms with Gasteiger partial charge in [-0.05, 0) is 56.0 Å². The average Bonchev–Trinajstić information content (AvgIpc) is 2.84. The van der Waals surface area contributed by atoms with Gasteiger partial charge < -0.3 is 9.55 Å². The first-order chi connectivity index (χ1) is 10.2. The van der Waals surface area contributed by atoms with Crippen molar-refractivity contribution in [2.45, 2.75) is 51.5 Å². The summed E-state index contributed by atoms with van der Waals surface area (Å²) in [5.74, 6) is 0.889. The molecule has 0 bridgehead atoms. The van der Waals surface area contributed by atoms with Crippen LogP contribution in [-0.4, -0.2) is 9.55 Å². The minimum absolute atomic E-state index is 0.480. The van der Waals surface area contributed by atoms with E-state index in [1.54, 1.807) is 0 Å². The lowest BCUT2D eigenvalue weighted by atomic mass is 9.83. The molecule has 0 amide bonds. The number of hydrogen-bond acceptors (Lipinski definition) is 2. The number of hydrogen-bond donors (Lipinski definition) is 1. The van der Waals surface area contributed by atoms with Crippen molar-refractivity contribution in [1.29, 1.82) is 5.26 Å². The van der Waals surface area contributed by atoms with Crippen molar-refractivity contribution in [2.24, 2.45) is 5.92 Å². The topological polar surface area (TPSA) is 44.5 Å². The van der Waals surface area contributed by atoms with Crippen molar-refractivity contribution in [3.05, 3.63) is 28.5 Å². The number of aromatic amines is 1. The van der Waals surface area contributed by atoms with Crippen molar-refractivity contribution < 1.29 is 0 Å². The summed E-state index contributed by atoms with van der Waals surface area (Å²) < 4.78 is 3.00. The predicted octanol–water partition coefficient (Wildman–Crippen LogP) is 5.10. The zero-order chi connectivity index (χ0) is 14.8. The lowest BCUT2D eigenvalue weighted by Gasteiger charge is -2.29. The van der Waals surface area contributed by atoms with Gasteiger partial charge in [-0.1, -0.05) is 25.8 Å². The number of para-hydroxylation sites is 1. The van der Waals surface area contributed by atoms with Gasteiger partial charge in [-0.15, -0.1) is 0 Å². The Balaban J connectivity index is 1.94. The Morgan fingerprint density at radius 3 is 2.76 bits per heavy atom. The Bertz CT molecular complexity index is 727. The summed E-state index contributed by atoms with van der Waals surface area (Å²) in [5.41, 5.74) is 2.65. The van der Waals surface area contributed by atoms with E-state index < -0.39 is 0 Å². The molecule has 1 aliphatic rings. The Kier molecular flexibility index (Phi) is 4.12. The molecule has 0 atom stereocenters. The molecule has 3 nitrogen and oxygen atoms in total. The summed E-state index contributed by atoms with van der Waals surface area (Å²) in [6.07, 6.45) is 7.62. The summed E-state index contributed by atoms with van der Waals surface area (Å²) in [4.78, 5) is 3.24. The van der Waals surface area contributed by atoms with Crippen LogP contribution in [0.2, 0.25) is 0 Å². The zero-order valence-electron chi connectivity index (χ0n) is 12.4. The van der Waals surface area contributed by atoms with Crippen LogP contribution in [-0.2, 0) is 0 Å². The number of rotatable bonds is 3. The number of nitrogens with zero attached hydrogens (tertiary/aromatic N) is 2. The predicted molar refractivity (Wildman–Crippen MR) is 87.7 cm³/mol. The second-order valence-electron chi connectivity index (χ2n) is 6.07. The van der Waals surface area contributed by atoms with Crippen LogP contribution in [0.1, 0.15) is 57.1 Å². The first kappa shape index (κ1) is 14.3. The van der Waals surface area contributed by atoms with E-state index in [2.05, 4.69) is 28.6 Å². The monoisotopic (exact) mass is 299 g/mol. The average molecular weight is 299 g/mol. The summed E-state index contributed by atoms with van der Waals surface area (Å²) in [7, 11) is 0. The normalized spacial score (nSPS) is 22.3. The third kappa shape index (κ3) is 2.63. The molecule has 21 heavy (non-hydrogen) atoms. The van der Waals surface area contributed by atoms with Gasteiger partial charge in [0.2, 0.25) is 0 Å². The van der Waals surface area contributed by atoms with Crippen LogP contribution in [0, 0.1) is 22.0 Å². The van der Waals surface area contributed by atoms with E-state index >= 15 is 0 Å². The molecule has 0 unspecified atom stereocenters. The Morgan fingerprint density at radius 2 is 2.10 bits per heavy atom. The Labute approximate surface area is 130 Å². The van der Waals surface area contributed by atoms with Gasteiger partial charge in [0.1, 0.15) is 6.07 Å². The van der Waals surface area contributed by atoms with Crippen LogP contribution in [0.3, 0.4) is 0 Å². The van der Waals surface area contributed by atoms with Crippen molar-refractivity contribution in [3.63, 3.8) is 0 Å². The second-order valence-corrected chi connectivity index (χ2v) is 6.46. The molecular weight excluding hydrogens is 278 g/mol. The molecule has 0 radical (unpaired) electrons. The van der Waals surface area contributed by atoms with E-state index in [0.29, 0.717) is 11.6 Å². The second kappa shape index (κ2) is 6.03. The number of fused-ring (bicyclic) bond motifs is 1. The van der Waals surface area contributed by atoms with E-state index in [-0.39, 0.29) is 0 Å². The highest BCUT2D eigenvalue weighted by molar-refractivity contribution is 7.71. The van der Waals surface area contributed by atoms with Crippen molar-refractivity contribution in [1.82, 2.24) is 9.55 Å². The van der Waals surface area contributed by atoms with E-state index in [1.165, 1.54) is 38.5 Å². The van der Waals surface area contributed by atoms with Crippen molar-refractivity contribution in [3.8, 4) is 6.07 Å². The lowest BCUT2D eigenvalue weighted by molar-refractivity contribution is 0.264. The molecule has 1 aliphatic carbocycles. The maximum atomic E-state index is 9.23. The van der Waals surface area contributed by atoms with Crippen LogP contribution in [0.25, 0.3) is 11.0 Å². The summed E-state index contributed by atoms with van der Waals surface area (Å²) in [5, 5.41) is 9.23. The molecule has 110 valence electrons. The lowest BCUT2D eigenvalue weighted by Crippen LogP contribution is -2.18. The van der Waals surface area contributed by atoms with E-state index in [4.69, 9.17) is 12.2 Å². The van der Waals surface area contributed by atoms with Gasteiger partial charge in [-0.3, -0.25) is 0 Å². The number of imidazole rings is 1. The number of nitriles is 1. The molecule has 1 saturated carbocycles. The minimum Gasteiger partial charge on any atom is -0.329 e. The third-order valence-corrected chi connectivity index (χ3v) is 5.05. The molecule has 0 saturated heterocycles. The minimum atomic E-state index is 0.480. The molecule has 1 N–H and O–H groups in total. The molecule has 1 aromatic heterocycles. The molecule has 3 rings (SSSR count). The number of aromatic nitrogens is 2. The first-order valence-corrected chi connectivity index (χ1v) is 8.28. The quantitative estimate of drug-likeness (QED) is 0.801. The summed E-state index contributed by atoms with van der Waals surface area (Å²) >= 11 is 5.52. The number of nitrogens with one attached hydrogen (secondary N) is 1. The number of H-pyrrole nitrogens is 1. The molecule has 1 aromatic carbocycles. The fourth-order valence-electron chi connectivity index (χ4n) is 3.70. The van der Waals surface area contributed by atoms with Gasteiger partial charge >= 0.3 is 0 Å². The van der Waals surface area contributed by atoms with Crippen LogP contribution >= 0.6 is 12.2 Å². The van der Waals surface area contributed by atoms with Crippen molar-refractivity contribution >= 4 is 23.3 Å². The van der Waals surface area contributed by atoms with Crippen molar-refractivity contribution in [2.75, 3.05) is 0 Å². The highest BCUT2D eigenvalue weighted by Crippen LogP contribution is 2.36. The highest BCUT2D eigenvalue weighted by Gasteiger charge is 2.24. The molecular formula is C17H21N3S. The first-order valence-electron chi connectivity index (χ1n) is 7.88. The Morgan fingerprint density at radius 1 is 1.33 bits per heavy atom. The fraction of sp³-hybridized carbons (Fsp3) is 0.529. The molecule has 1 fully saturated rings. The maximum Gasteiger partial charge on any atom is 0.178 e. The molecule has 4 heteroatoms. The van der Waals surface area contributed by atoms with Gasteiger partial charge in [0, 0.05) is 6.04 Å². The van der Waals surface area contributed by atoms with Crippen LogP contribution in [0.15, 0.2) is 18.2 Å². The molecule has 1 heterocycles. The zero-order valence-corrected chi connectivity index (χ0v) is 13.2. The van der Waals surface area contributed by atoms with Crippen LogP contribution in [0.4, 0.5) is 0 Å². The largest absolute Gasteiger partial charge is 0.329 e. The van der Waals surface area contributed by atoms with Crippen LogP contribution < -0.4 is 0 Å². The van der Waals surface area contributed by atoms with E-state index in [0.717, 1.165) is 21.7 Å². The van der Waals surface area contributed by atoms with E-state index in [1.807, 2.05) is 12.1 Å². The van der Waals surface area contributed by atoms with Gasteiger partial charge in [0.15, 0.2) is 4.77 Å².